The van der Waals surface area contributed by atoms with Crippen molar-refractivity contribution in [3.05, 3.63) is 89.0 Å². The van der Waals surface area contributed by atoms with Crippen molar-refractivity contribution in [3.63, 3.8) is 0 Å². The number of hydrogen-bond acceptors (Lipinski definition) is 4. The highest BCUT2D eigenvalue weighted by Crippen LogP contribution is 2.38. The minimum absolute atomic E-state index is 0.344. The van der Waals surface area contributed by atoms with Crippen LogP contribution >= 0.6 is 0 Å². The van der Waals surface area contributed by atoms with E-state index in [1.54, 1.807) is 12.1 Å². The van der Waals surface area contributed by atoms with E-state index in [-0.39, 0.29) is 0 Å². The minimum atomic E-state index is -3.65. The van der Waals surface area contributed by atoms with E-state index < -0.39 is 15.1 Å². The summed E-state index contributed by atoms with van der Waals surface area (Å²) in [7, 11) is 0.323. The fourth-order valence-electron chi connectivity index (χ4n) is 4.07. The molecular weight excluding hydrogens is 416 g/mol. The Morgan fingerprint density at radius 1 is 0.781 bits per heavy atom. The Kier molecular flexibility index (Phi) is 7.29. The van der Waals surface area contributed by atoms with Gasteiger partial charge in [-0.3, -0.25) is 0 Å². The van der Waals surface area contributed by atoms with Crippen LogP contribution in [0.25, 0.3) is 0 Å². The Morgan fingerprint density at radius 2 is 1.34 bits per heavy atom. The zero-order chi connectivity index (χ0) is 23.5. The molecule has 0 saturated heterocycles. The van der Waals surface area contributed by atoms with Crippen LogP contribution in [0.5, 0.6) is 0 Å². The monoisotopic (exact) mass is 450 g/mol. The van der Waals surface area contributed by atoms with Crippen molar-refractivity contribution in [1.29, 1.82) is 0 Å². The van der Waals surface area contributed by atoms with Crippen LogP contribution in [0, 0.1) is 13.8 Å². The standard InChI is InChI=1S/C27H34N2O2S/c1-7-29(8-2)23-13-11-22(12-14-23)27(26-18-15-24(28(5)6)19-21(26)4)32(30,31)25-16-9-20(3)10-17-25/h9-19,27H,7-8H2,1-6H3. The Bertz CT molecular complexity index is 1150. The van der Waals surface area contributed by atoms with Gasteiger partial charge < -0.3 is 9.80 Å². The molecular formula is C27H34N2O2S. The van der Waals surface area contributed by atoms with Gasteiger partial charge in [-0.15, -0.1) is 0 Å². The summed E-state index contributed by atoms with van der Waals surface area (Å²) in [4.78, 5) is 4.63. The summed E-state index contributed by atoms with van der Waals surface area (Å²) >= 11 is 0. The quantitative estimate of drug-likeness (QED) is 0.436. The molecule has 1 atom stereocenters. The molecule has 0 bridgehead atoms. The molecule has 0 aromatic heterocycles. The predicted molar refractivity (Wildman–Crippen MR) is 136 cm³/mol. The Morgan fingerprint density at radius 3 is 1.84 bits per heavy atom. The molecule has 0 saturated carbocycles. The summed E-state index contributed by atoms with van der Waals surface area (Å²) in [5.74, 6) is 0. The van der Waals surface area contributed by atoms with Crippen LogP contribution < -0.4 is 9.80 Å². The number of nitrogens with zero attached hydrogens (tertiary/aromatic N) is 2. The van der Waals surface area contributed by atoms with Crippen molar-refractivity contribution in [2.45, 2.75) is 37.8 Å². The largest absolute Gasteiger partial charge is 0.378 e. The summed E-state index contributed by atoms with van der Waals surface area (Å²) in [5, 5.41) is -0.771. The zero-order valence-corrected chi connectivity index (χ0v) is 20.8. The normalized spacial score (nSPS) is 12.4. The summed E-state index contributed by atoms with van der Waals surface area (Å²) in [6, 6.07) is 21.1. The molecule has 3 aromatic rings. The molecule has 170 valence electrons. The lowest BCUT2D eigenvalue weighted by Crippen LogP contribution is -2.22. The lowest BCUT2D eigenvalue weighted by molar-refractivity contribution is 0.589. The highest BCUT2D eigenvalue weighted by atomic mass is 32.2. The minimum Gasteiger partial charge on any atom is -0.378 e. The second-order valence-corrected chi connectivity index (χ2v) is 10.5. The zero-order valence-electron chi connectivity index (χ0n) is 20.0. The van der Waals surface area contributed by atoms with Crippen molar-refractivity contribution in [2.24, 2.45) is 0 Å². The predicted octanol–water partition coefficient (Wildman–Crippen LogP) is 5.78. The Balaban J connectivity index is 2.17. The summed E-state index contributed by atoms with van der Waals surface area (Å²) < 4.78 is 27.9. The van der Waals surface area contributed by atoms with Gasteiger partial charge in [0.1, 0.15) is 5.25 Å². The van der Waals surface area contributed by atoms with Gasteiger partial charge in [0.2, 0.25) is 0 Å². The van der Waals surface area contributed by atoms with Gasteiger partial charge in [0.25, 0.3) is 0 Å². The van der Waals surface area contributed by atoms with Gasteiger partial charge in [-0.05, 0) is 80.8 Å². The molecule has 0 fully saturated rings. The average Bonchev–Trinajstić information content (AvgIpc) is 2.77. The fourth-order valence-corrected chi connectivity index (χ4v) is 5.97. The van der Waals surface area contributed by atoms with Gasteiger partial charge >= 0.3 is 0 Å². The van der Waals surface area contributed by atoms with Crippen molar-refractivity contribution in [2.75, 3.05) is 37.0 Å². The highest BCUT2D eigenvalue weighted by Gasteiger charge is 2.32. The SMILES string of the molecule is CCN(CC)c1ccc(C(c2ccc(N(C)C)cc2C)S(=O)(=O)c2ccc(C)cc2)cc1. The molecule has 0 amide bonds. The molecule has 0 spiro atoms. The third-order valence-corrected chi connectivity index (χ3v) is 8.11. The van der Waals surface area contributed by atoms with Gasteiger partial charge in [0, 0.05) is 38.6 Å². The van der Waals surface area contributed by atoms with Gasteiger partial charge in [-0.25, -0.2) is 8.42 Å². The van der Waals surface area contributed by atoms with Crippen molar-refractivity contribution in [1.82, 2.24) is 0 Å². The number of rotatable bonds is 8. The van der Waals surface area contributed by atoms with Crippen LogP contribution in [0.15, 0.2) is 71.6 Å². The molecule has 3 aromatic carbocycles. The third kappa shape index (κ3) is 4.83. The van der Waals surface area contributed by atoms with Crippen molar-refractivity contribution < 1.29 is 8.42 Å². The number of sulfone groups is 1. The maximum absolute atomic E-state index is 13.9. The molecule has 0 aliphatic carbocycles. The second-order valence-electron chi connectivity index (χ2n) is 8.44. The lowest BCUT2D eigenvalue weighted by atomic mass is 9.99. The lowest BCUT2D eigenvalue weighted by Gasteiger charge is -2.24. The molecule has 0 N–H and O–H groups in total. The molecule has 0 aliphatic rings. The van der Waals surface area contributed by atoms with E-state index in [1.807, 2.05) is 81.4 Å². The van der Waals surface area contributed by atoms with E-state index in [1.165, 1.54) is 0 Å². The van der Waals surface area contributed by atoms with Crippen LogP contribution in [-0.4, -0.2) is 35.6 Å². The van der Waals surface area contributed by atoms with Gasteiger partial charge in [-0.1, -0.05) is 35.9 Å². The summed E-state index contributed by atoms with van der Waals surface area (Å²) in [6.07, 6.45) is 0. The number of benzene rings is 3. The molecule has 3 rings (SSSR count). The first-order valence-corrected chi connectivity index (χ1v) is 12.7. The van der Waals surface area contributed by atoms with Crippen LogP contribution in [0.4, 0.5) is 11.4 Å². The molecule has 1 unspecified atom stereocenters. The molecule has 0 radical (unpaired) electrons. The van der Waals surface area contributed by atoms with Gasteiger partial charge in [-0.2, -0.15) is 0 Å². The third-order valence-electron chi connectivity index (χ3n) is 6.04. The molecule has 5 heteroatoms. The van der Waals surface area contributed by atoms with Gasteiger partial charge in [0.15, 0.2) is 9.84 Å². The van der Waals surface area contributed by atoms with Crippen LogP contribution in [0.2, 0.25) is 0 Å². The van der Waals surface area contributed by atoms with Crippen LogP contribution in [0.3, 0.4) is 0 Å². The van der Waals surface area contributed by atoms with E-state index in [2.05, 4.69) is 24.8 Å². The maximum atomic E-state index is 13.9. The van der Waals surface area contributed by atoms with E-state index >= 15 is 0 Å². The number of hydrogen-bond donors (Lipinski definition) is 0. The first-order chi connectivity index (χ1) is 15.2. The second kappa shape index (κ2) is 9.78. The first-order valence-electron chi connectivity index (χ1n) is 11.1. The Labute approximate surface area is 193 Å². The average molecular weight is 451 g/mol. The fraction of sp³-hybridized carbons (Fsp3) is 0.333. The molecule has 0 heterocycles. The molecule has 0 aliphatic heterocycles. The van der Waals surface area contributed by atoms with Crippen LogP contribution in [-0.2, 0) is 9.84 Å². The smallest absolute Gasteiger partial charge is 0.189 e. The van der Waals surface area contributed by atoms with Crippen molar-refractivity contribution >= 4 is 21.2 Å². The van der Waals surface area contributed by atoms with E-state index in [0.717, 1.165) is 46.7 Å². The Hall–Kier alpha value is -2.79. The molecule has 32 heavy (non-hydrogen) atoms. The summed E-state index contributed by atoms with van der Waals surface area (Å²) in [6.45, 7) is 10.0. The number of aryl methyl sites for hydroxylation is 2. The van der Waals surface area contributed by atoms with Crippen molar-refractivity contribution in [3.8, 4) is 0 Å². The van der Waals surface area contributed by atoms with E-state index in [9.17, 15) is 8.42 Å². The highest BCUT2D eigenvalue weighted by molar-refractivity contribution is 7.92. The van der Waals surface area contributed by atoms with Crippen LogP contribution in [0.1, 0.15) is 41.4 Å². The first kappa shape index (κ1) is 23.9. The summed E-state index contributed by atoms with van der Waals surface area (Å²) in [5.41, 5.74) is 5.74. The van der Waals surface area contributed by atoms with E-state index in [4.69, 9.17) is 0 Å². The topological polar surface area (TPSA) is 40.6 Å². The maximum Gasteiger partial charge on any atom is 0.189 e. The molecule has 4 nitrogen and oxygen atoms in total. The van der Waals surface area contributed by atoms with E-state index in [0.29, 0.717) is 4.90 Å². The number of anilines is 2. The van der Waals surface area contributed by atoms with Gasteiger partial charge in [0.05, 0.1) is 4.90 Å².